The number of amides is 2. The molecule has 5 heteroatoms. The van der Waals surface area contributed by atoms with Crippen LogP contribution >= 0.6 is 11.6 Å². The van der Waals surface area contributed by atoms with E-state index in [1.165, 1.54) is 11.1 Å². The molecule has 122 valence electrons. The van der Waals surface area contributed by atoms with E-state index in [4.69, 9.17) is 16.3 Å². The molecule has 0 saturated carbocycles. The summed E-state index contributed by atoms with van der Waals surface area (Å²) in [4.78, 5) is 11.8. The molecule has 4 nitrogen and oxygen atoms in total. The maximum atomic E-state index is 11.8. The molecule has 0 fully saturated rings. The lowest BCUT2D eigenvalue weighted by atomic mass is 10.1. The van der Waals surface area contributed by atoms with Crippen molar-refractivity contribution in [2.24, 2.45) is 0 Å². The lowest BCUT2D eigenvalue weighted by molar-refractivity contribution is 0.247. The number of benzene rings is 2. The third-order valence-electron chi connectivity index (χ3n) is 3.56. The molecule has 0 heterocycles. The van der Waals surface area contributed by atoms with E-state index in [2.05, 4.69) is 17.6 Å². The third kappa shape index (κ3) is 5.18. The van der Waals surface area contributed by atoms with Gasteiger partial charge in [-0.1, -0.05) is 23.7 Å². The largest absolute Gasteiger partial charge is 0.492 e. The lowest BCUT2D eigenvalue weighted by Crippen LogP contribution is -2.32. The van der Waals surface area contributed by atoms with E-state index in [0.717, 1.165) is 11.3 Å². The van der Waals surface area contributed by atoms with E-state index in [1.807, 2.05) is 44.2 Å². The highest BCUT2D eigenvalue weighted by atomic mass is 35.5. The highest BCUT2D eigenvalue weighted by molar-refractivity contribution is 6.31. The van der Waals surface area contributed by atoms with Crippen LogP contribution in [0.2, 0.25) is 5.02 Å². The van der Waals surface area contributed by atoms with Gasteiger partial charge in [0.15, 0.2) is 0 Å². The minimum absolute atomic E-state index is 0.284. The Kier molecular flexibility index (Phi) is 5.88. The van der Waals surface area contributed by atoms with Crippen LogP contribution in [0.4, 0.5) is 10.5 Å². The van der Waals surface area contributed by atoms with Gasteiger partial charge >= 0.3 is 6.03 Å². The maximum absolute atomic E-state index is 11.8. The molecule has 2 aromatic carbocycles. The van der Waals surface area contributed by atoms with Crippen LogP contribution in [0.15, 0.2) is 36.4 Å². The molecular formula is C18H21ClN2O2. The molecule has 23 heavy (non-hydrogen) atoms. The topological polar surface area (TPSA) is 50.4 Å². The Bertz CT molecular complexity index is 701. The molecule has 2 amide bonds. The van der Waals surface area contributed by atoms with E-state index in [1.54, 1.807) is 6.07 Å². The smallest absolute Gasteiger partial charge is 0.319 e. The van der Waals surface area contributed by atoms with Crippen LogP contribution in [-0.4, -0.2) is 19.2 Å². The van der Waals surface area contributed by atoms with Crippen LogP contribution < -0.4 is 15.4 Å². The van der Waals surface area contributed by atoms with Crippen molar-refractivity contribution in [1.29, 1.82) is 0 Å². The average Bonchev–Trinajstić information content (AvgIpc) is 2.51. The minimum Gasteiger partial charge on any atom is -0.492 e. The molecule has 0 saturated heterocycles. The van der Waals surface area contributed by atoms with Crippen molar-refractivity contribution in [1.82, 2.24) is 5.32 Å². The van der Waals surface area contributed by atoms with Gasteiger partial charge in [0, 0.05) is 10.7 Å². The predicted octanol–water partition coefficient (Wildman–Crippen LogP) is 4.47. The van der Waals surface area contributed by atoms with Crippen molar-refractivity contribution in [3.63, 3.8) is 0 Å². The van der Waals surface area contributed by atoms with E-state index < -0.39 is 0 Å². The number of urea groups is 1. The number of hydrogen-bond donors (Lipinski definition) is 2. The quantitative estimate of drug-likeness (QED) is 0.794. The first-order valence-corrected chi connectivity index (χ1v) is 7.84. The predicted molar refractivity (Wildman–Crippen MR) is 94.6 cm³/mol. The molecule has 0 bridgehead atoms. The maximum Gasteiger partial charge on any atom is 0.319 e. The molecule has 2 N–H and O–H groups in total. The summed E-state index contributed by atoms with van der Waals surface area (Å²) in [7, 11) is 0. The van der Waals surface area contributed by atoms with Gasteiger partial charge in [-0.2, -0.15) is 0 Å². The third-order valence-corrected chi connectivity index (χ3v) is 3.97. The van der Waals surface area contributed by atoms with Crippen LogP contribution in [0.3, 0.4) is 0 Å². The Morgan fingerprint density at radius 3 is 2.48 bits per heavy atom. The Morgan fingerprint density at radius 2 is 1.78 bits per heavy atom. The summed E-state index contributed by atoms with van der Waals surface area (Å²) in [5.74, 6) is 0.806. The molecule has 0 aliphatic rings. The van der Waals surface area contributed by atoms with Gasteiger partial charge in [-0.15, -0.1) is 0 Å². The van der Waals surface area contributed by atoms with Crippen LogP contribution in [0, 0.1) is 20.8 Å². The monoisotopic (exact) mass is 332 g/mol. The number of nitrogens with one attached hydrogen (secondary N) is 2. The molecule has 2 aromatic rings. The van der Waals surface area contributed by atoms with Crippen LogP contribution in [0.25, 0.3) is 0 Å². The zero-order valence-electron chi connectivity index (χ0n) is 13.6. The van der Waals surface area contributed by atoms with Gasteiger partial charge in [-0.25, -0.2) is 4.79 Å². The van der Waals surface area contributed by atoms with Crippen molar-refractivity contribution >= 4 is 23.3 Å². The summed E-state index contributed by atoms with van der Waals surface area (Å²) in [6, 6.07) is 11.1. The van der Waals surface area contributed by atoms with E-state index >= 15 is 0 Å². The molecular weight excluding hydrogens is 312 g/mol. The number of rotatable bonds is 5. The van der Waals surface area contributed by atoms with Crippen molar-refractivity contribution < 1.29 is 9.53 Å². The summed E-state index contributed by atoms with van der Waals surface area (Å²) in [6.45, 7) is 6.84. The fraction of sp³-hybridized carbons (Fsp3) is 0.278. The second-order valence-electron chi connectivity index (χ2n) is 5.44. The summed E-state index contributed by atoms with van der Waals surface area (Å²) in [5.41, 5.74) is 4.05. The van der Waals surface area contributed by atoms with Gasteiger partial charge in [0.2, 0.25) is 0 Å². The Morgan fingerprint density at radius 1 is 1.04 bits per heavy atom. The molecule has 0 atom stereocenters. The number of aryl methyl sites for hydroxylation is 3. The van der Waals surface area contributed by atoms with Gasteiger partial charge in [0.05, 0.1) is 6.54 Å². The van der Waals surface area contributed by atoms with Gasteiger partial charge in [-0.05, 0) is 61.7 Å². The second-order valence-corrected chi connectivity index (χ2v) is 5.85. The first-order valence-electron chi connectivity index (χ1n) is 7.47. The first kappa shape index (κ1) is 17.2. The van der Waals surface area contributed by atoms with Gasteiger partial charge < -0.3 is 15.4 Å². The standard InChI is InChI=1S/C18H21ClN2O2/c1-12-5-7-16(10-14(12)3)23-9-8-20-18(22)21-15-6-4-13(2)17(19)11-15/h4-7,10-11H,8-9H2,1-3H3,(H2,20,21,22). The van der Waals surface area contributed by atoms with Gasteiger partial charge in [0.1, 0.15) is 12.4 Å². The summed E-state index contributed by atoms with van der Waals surface area (Å²) < 4.78 is 5.61. The van der Waals surface area contributed by atoms with Crippen molar-refractivity contribution in [2.75, 3.05) is 18.5 Å². The fourth-order valence-electron chi connectivity index (χ4n) is 1.98. The number of ether oxygens (including phenoxy) is 1. The van der Waals surface area contributed by atoms with Gasteiger partial charge in [0.25, 0.3) is 0 Å². The van der Waals surface area contributed by atoms with E-state index in [-0.39, 0.29) is 6.03 Å². The molecule has 0 spiro atoms. The summed E-state index contributed by atoms with van der Waals surface area (Å²) in [5, 5.41) is 6.10. The van der Waals surface area contributed by atoms with Crippen molar-refractivity contribution in [2.45, 2.75) is 20.8 Å². The average molecular weight is 333 g/mol. The normalized spacial score (nSPS) is 10.3. The molecule has 0 aliphatic carbocycles. The molecule has 0 aromatic heterocycles. The fourth-order valence-corrected chi connectivity index (χ4v) is 2.16. The number of carbonyl (C=O) groups excluding carboxylic acids is 1. The first-order chi connectivity index (χ1) is 11.0. The van der Waals surface area contributed by atoms with Crippen LogP contribution in [0.1, 0.15) is 16.7 Å². The molecule has 2 rings (SSSR count). The van der Waals surface area contributed by atoms with Crippen molar-refractivity contribution in [3.05, 3.63) is 58.1 Å². The number of halogens is 1. The second kappa shape index (κ2) is 7.88. The molecule has 0 aliphatic heterocycles. The minimum atomic E-state index is -0.284. The number of anilines is 1. The zero-order valence-corrected chi connectivity index (χ0v) is 14.3. The SMILES string of the molecule is Cc1ccc(OCCNC(=O)Nc2ccc(C)c(Cl)c2)cc1C. The molecule has 0 unspecified atom stereocenters. The Labute approximate surface area is 141 Å². The zero-order chi connectivity index (χ0) is 16.8. The van der Waals surface area contributed by atoms with Crippen LogP contribution in [0.5, 0.6) is 5.75 Å². The highest BCUT2D eigenvalue weighted by Crippen LogP contribution is 2.19. The Balaban J connectivity index is 1.74. The lowest BCUT2D eigenvalue weighted by Gasteiger charge is -2.10. The van der Waals surface area contributed by atoms with Crippen LogP contribution in [-0.2, 0) is 0 Å². The molecule has 0 radical (unpaired) electrons. The van der Waals surface area contributed by atoms with E-state index in [9.17, 15) is 4.79 Å². The number of hydrogen-bond acceptors (Lipinski definition) is 2. The van der Waals surface area contributed by atoms with Gasteiger partial charge in [-0.3, -0.25) is 0 Å². The summed E-state index contributed by atoms with van der Waals surface area (Å²) in [6.07, 6.45) is 0. The van der Waals surface area contributed by atoms with Crippen molar-refractivity contribution in [3.8, 4) is 5.75 Å². The number of carbonyl (C=O) groups is 1. The summed E-state index contributed by atoms with van der Waals surface area (Å²) >= 11 is 6.02. The van der Waals surface area contributed by atoms with E-state index in [0.29, 0.717) is 23.9 Å². The highest BCUT2D eigenvalue weighted by Gasteiger charge is 2.03. The Hall–Kier alpha value is -2.20.